The van der Waals surface area contributed by atoms with Crippen LogP contribution in [0.25, 0.3) is 10.9 Å². The molecule has 2 aromatic heterocycles. The Kier molecular flexibility index (Phi) is 8.25. The van der Waals surface area contributed by atoms with Gasteiger partial charge in [0, 0.05) is 24.0 Å². The summed E-state index contributed by atoms with van der Waals surface area (Å²) in [6, 6.07) is 10.2. The number of aryl methyl sites for hydroxylation is 1. The third-order valence-electron chi connectivity index (χ3n) is 5.86. The SMILES string of the molecule is Cc1nc2c3cc(ncc3n1)CCOCC(=O)NCCCCCCOc1cccc(c1)[C@@H](C)N2. The summed E-state index contributed by atoms with van der Waals surface area (Å²) in [6.07, 6.45) is 6.44. The number of pyridine rings is 1. The third-order valence-corrected chi connectivity index (χ3v) is 5.86. The van der Waals surface area contributed by atoms with Gasteiger partial charge in [-0.1, -0.05) is 25.0 Å². The van der Waals surface area contributed by atoms with E-state index in [1.165, 1.54) is 0 Å². The van der Waals surface area contributed by atoms with Crippen molar-refractivity contribution in [3.8, 4) is 5.75 Å². The number of rotatable bonds is 0. The van der Waals surface area contributed by atoms with Crippen LogP contribution in [-0.4, -0.2) is 47.2 Å². The lowest BCUT2D eigenvalue weighted by Crippen LogP contribution is -2.28. The van der Waals surface area contributed by atoms with E-state index in [1.807, 2.05) is 25.1 Å². The first-order chi connectivity index (χ1) is 16.6. The second-order valence-corrected chi connectivity index (χ2v) is 8.67. The summed E-state index contributed by atoms with van der Waals surface area (Å²) in [7, 11) is 0. The average Bonchev–Trinajstić information content (AvgIpc) is 2.83. The number of anilines is 1. The number of hydrogen-bond donors (Lipinski definition) is 2. The van der Waals surface area contributed by atoms with Gasteiger partial charge in [-0.3, -0.25) is 9.78 Å². The van der Waals surface area contributed by atoms with E-state index < -0.39 is 0 Å². The zero-order chi connectivity index (χ0) is 23.8. The van der Waals surface area contributed by atoms with Crippen molar-refractivity contribution in [2.45, 2.75) is 52.0 Å². The van der Waals surface area contributed by atoms with Gasteiger partial charge in [0.2, 0.25) is 5.91 Å². The number of fused-ring (bicyclic) bond motifs is 3. The smallest absolute Gasteiger partial charge is 0.245 e. The molecule has 8 heteroatoms. The number of aromatic nitrogens is 3. The lowest BCUT2D eigenvalue weighted by molar-refractivity contribution is -0.125. The maximum absolute atomic E-state index is 12.0. The number of ether oxygens (including phenoxy) is 2. The molecule has 8 nitrogen and oxygen atoms in total. The zero-order valence-corrected chi connectivity index (χ0v) is 20.0. The van der Waals surface area contributed by atoms with Gasteiger partial charge in [0.15, 0.2) is 0 Å². The summed E-state index contributed by atoms with van der Waals surface area (Å²) in [5, 5.41) is 7.38. The van der Waals surface area contributed by atoms with Crippen LogP contribution in [0.15, 0.2) is 36.5 Å². The van der Waals surface area contributed by atoms with E-state index in [2.05, 4.69) is 44.6 Å². The molecule has 1 aliphatic rings. The van der Waals surface area contributed by atoms with E-state index in [1.54, 1.807) is 6.20 Å². The van der Waals surface area contributed by atoms with Crippen molar-refractivity contribution in [2.75, 3.05) is 31.7 Å². The molecule has 1 aromatic carbocycles. The van der Waals surface area contributed by atoms with Crippen molar-refractivity contribution in [3.63, 3.8) is 0 Å². The van der Waals surface area contributed by atoms with Gasteiger partial charge in [-0.25, -0.2) is 9.97 Å². The normalized spacial score (nSPS) is 18.8. The Labute approximate surface area is 200 Å². The van der Waals surface area contributed by atoms with Gasteiger partial charge in [0.1, 0.15) is 24.0 Å². The Balaban J connectivity index is 1.57. The predicted octanol–water partition coefficient (Wildman–Crippen LogP) is 4.13. The summed E-state index contributed by atoms with van der Waals surface area (Å²) in [6.45, 7) is 5.82. The molecule has 3 aromatic rings. The van der Waals surface area contributed by atoms with Crippen LogP contribution in [-0.2, 0) is 16.0 Å². The fraction of sp³-hybridized carbons (Fsp3) is 0.462. The summed E-state index contributed by atoms with van der Waals surface area (Å²) in [5.74, 6) is 2.24. The molecule has 0 fully saturated rings. The first-order valence-electron chi connectivity index (χ1n) is 12.1. The summed E-state index contributed by atoms with van der Waals surface area (Å²) < 4.78 is 11.6. The van der Waals surface area contributed by atoms with Crippen LogP contribution in [0.1, 0.15) is 55.7 Å². The first kappa shape index (κ1) is 23.9. The molecule has 0 radical (unpaired) electrons. The number of nitrogens with one attached hydrogen (secondary N) is 2. The van der Waals surface area contributed by atoms with Gasteiger partial charge in [-0.2, -0.15) is 0 Å². The maximum Gasteiger partial charge on any atom is 0.245 e. The second-order valence-electron chi connectivity index (χ2n) is 8.67. The fourth-order valence-electron chi connectivity index (χ4n) is 3.99. The molecule has 2 N–H and O–H groups in total. The third kappa shape index (κ3) is 6.63. The Bertz CT molecular complexity index is 1120. The first-order valence-corrected chi connectivity index (χ1v) is 12.1. The Morgan fingerprint density at radius 3 is 2.85 bits per heavy atom. The second kappa shape index (κ2) is 11.7. The molecule has 1 atom stereocenters. The molecule has 1 amide bonds. The topological polar surface area (TPSA) is 98.3 Å². The lowest BCUT2D eigenvalue weighted by atomic mass is 10.1. The minimum absolute atomic E-state index is 0.0253. The monoisotopic (exact) mass is 463 g/mol. The van der Waals surface area contributed by atoms with E-state index in [9.17, 15) is 4.79 Å². The number of carbonyl (C=O) groups is 1. The van der Waals surface area contributed by atoms with Crippen molar-refractivity contribution in [3.05, 3.63) is 53.6 Å². The van der Waals surface area contributed by atoms with E-state index >= 15 is 0 Å². The minimum Gasteiger partial charge on any atom is -0.494 e. The van der Waals surface area contributed by atoms with Crippen molar-refractivity contribution < 1.29 is 14.3 Å². The van der Waals surface area contributed by atoms with Crippen LogP contribution in [0, 0.1) is 6.92 Å². The molecule has 0 saturated carbocycles. The summed E-state index contributed by atoms with van der Waals surface area (Å²) in [4.78, 5) is 25.7. The minimum atomic E-state index is -0.0822. The molecular formula is C26H33N5O3. The number of amides is 1. The molecule has 3 heterocycles. The molecule has 4 bridgehead atoms. The van der Waals surface area contributed by atoms with Gasteiger partial charge in [-0.05, 0) is 50.5 Å². The van der Waals surface area contributed by atoms with Crippen molar-refractivity contribution in [1.29, 1.82) is 0 Å². The summed E-state index contributed by atoms with van der Waals surface area (Å²) in [5.41, 5.74) is 2.79. The highest BCUT2D eigenvalue weighted by atomic mass is 16.5. The molecule has 0 unspecified atom stereocenters. The molecule has 0 aliphatic carbocycles. The van der Waals surface area contributed by atoms with Crippen molar-refractivity contribution >= 4 is 22.6 Å². The standard InChI is InChI=1S/C26H33N5O3/c1-18-20-8-7-9-22(14-20)34-12-6-4-3-5-11-27-25(32)17-33-13-10-21-15-23-24(16-28-21)30-19(2)31-26(23)29-18/h7-9,14-16,18H,3-6,10-13,17H2,1-2H3,(H,27,32)(H,29,30,31)/t18-/m1/s1. The molecule has 1 aliphatic heterocycles. The van der Waals surface area contributed by atoms with Crippen LogP contribution in [0.3, 0.4) is 0 Å². The van der Waals surface area contributed by atoms with Crippen LogP contribution in [0.5, 0.6) is 5.75 Å². The quantitative estimate of drug-likeness (QED) is 0.517. The highest BCUT2D eigenvalue weighted by Gasteiger charge is 2.13. The van der Waals surface area contributed by atoms with E-state index in [0.29, 0.717) is 32.0 Å². The van der Waals surface area contributed by atoms with Crippen LogP contribution < -0.4 is 15.4 Å². The van der Waals surface area contributed by atoms with Crippen molar-refractivity contribution in [1.82, 2.24) is 20.3 Å². The largest absolute Gasteiger partial charge is 0.494 e. The molecule has 180 valence electrons. The van der Waals surface area contributed by atoms with Crippen LogP contribution in [0.4, 0.5) is 5.82 Å². The molecule has 0 saturated heterocycles. The molecule has 34 heavy (non-hydrogen) atoms. The van der Waals surface area contributed by atoms with Gasteiger partial charge < -0.3 is 20.1 Å². The summed E-state index contributed by atoms with van der Waals surface area (Å²) >= 11 is 0. The Hall–Kier alpha value is -3.26. The number of benzene rings is 1. The van der Waals surface area contributed by atoms with Gasteiger partial charge in [0.25, 0.3) is 0 Å². The van der Waals surface area contributed by atoms with Crippen LogP contribution in [0.2, 0.25) is 0 Å². The Morgan fingerprint density at radius 2 is 1.94 bits per heavy atom. The van der Waals surface area contributed by atoms with Gasteiger partial charge in [-0.15, -0.1) is 0 Å². The maximum atomic E-state index is 12.0. The predicted molar refractivity (Wildman–Crippen MR) is 132 cm³/mol. The van der Waals surface area contributed by atoms with Crippen molar-refractivity contribution in [2.24, 2.45) is 0 Å². The number of hydrogen-bond acceptors (Lipinski definition) is 7. The van der Waals surface area contributed by atoms with E-state index in [-0.39, 0.29) is 18.6 Å². The zero-order valence-electron chi connectivity index (χ0n) is 20.0. The molecule has 0 spiro atoms. The highest BCUT2D eigenvalue weighted by Crippen LogP contribution is 2.27. The lowest BCUT2D eigenvalue weighted by Gasteiger charge is -2.18. The van der Waals surface area contributed by atoms with Gasteiger partial charge >= 0.3 is 0 Å². The number of nitrogens with zero attached hydrogens (tertiary/aromatic N) is 3. The van der Waals surface area contributed by atoms with Crippen LogP contribution >= 0.6 is 0 Å². The Morgan fingerprint density at radius 1 is 1.06 bits per heavy atom. The fourth-order valence-corrected chi connectivity index (χ4v) is 3.99. The average molecular weight is 464 g/mol. The van der Waals surface area contributed by atoms with E-state index in [4.69, 9.17) is 9.47 Å². The number of carbonyl (C=O) groups excluding carboxylic acids is 1. The van der Waals surface area contributed by atoms with Gasteiger partial charge in [0.05, 0.1) is 31.0 Å². The molecular weight excluding hydrogens is 430 g/mol. The highest BCUT2D eigenvalue weighted by molar-refractivity contribution is 5.89. The molecule has 4 rings (SSSR count). The van der Waals surface area contributed by atoms with E-state index in [0.717, 1.165) is 59.4 Å².